The van der Waals surface area contributed by atoms with Gasteiger partial charge in [-0.3, -0.25) is 9.48 Å². The monoisotopic (exact) mass is 357 g/mol. The first kappa shape index (κ1) is 17.2. The van der Waals surface area contributed by atoms with Gasteiger partial charge in [-0.1, -0.05) is 12.1 Å². The van der Waals surface area contributed by atoms with Crippen LogP contribution >= 0.6 is 0 Å². The third-order valence-corrected chi connectivity index (χ3v) is 5.81. The van der Waals surface area contributed by atoms with E-state index in [-0.39, 0.29) is 23.1 Å². The normalized spacial score (nSPS) is 21.8. The number of fused-ring (bicyclic) bond motifs is 1. The lowest BCUT2D eigenvalue weighted by atomic mass is 9.74. The van der Waals surface area contributed by atoms with Gasteiger partial charge in [0.1, 0.15) is 5.82 Å². The van der Waals surface area contributed by atoms with Gasteiger partial charge in [0.2, 0.25) is 5.91 Å². The predicted octanol–water partition coefficient (Wildman–Crippen LogP) is 2.45. The first-order valence-electron chi connectivity index (χ1n) is 9.28. The van der Waals surface area contributed by atoms with Gasteiger partial charge in [0.15, 0.2) is 0 Å². The molecule has 1 saturated heterocycles. The molecule has 1 aromatic carbocycles. The Hall–Kier alpha value is -2.21. The minimum absolute atomic E-state index is 0.0244. The molecule has 1 unspecified atom stereocenters. The van der Waals surface area contributed by atoms with Gasteiger partial charge in [-0.05, 0) is 43.0 Å². The van der Waals surface area contributed by atoms with Crippen LogP contribution in [0.2, 0.25) is 0 Å². The number of nitrogens with one attached hydrogen (secondary N) is 1. The fourth-order valence-corrected chi connectivity index (χ4v) is 4.14. The number of nitrogens with zero attached hydrogens (tertiary/aromatic N) is 2. The molecule has 2 aliphatic heterocycles. The van der Waals surface area contributed by atoms with Crippen molar-refractivity contribution in [2.75, 3.05) is 19.8 Å². The molecule has 6 heteroatoms. The molecule has 5 nitrogen and oxygen atoms in total. The summed E-state index contributed by atoms with van der Waals surface area (Å²) in [6, 6.07) is 8.73. The number of carbonyl (C=O) groups excluding carboxylic acids is 1. The number of aryl methyl sites for hydroxylation is 1. The first-order chi connectivity index (χ1) is 12.7. The molecular weight excluding hydrogens is 333 g/mol. The van der Waals surface area contributed by atoms with Crippen molar-refractivity contribution in [3.8, 4) is 0 Å². The highest BCUT2D eigenvalue weighted by molar-refractivity contribution is 5.79. The second kappa shape index (κ2) is 7.19. The summed E-state index contributed by atoms with van der Waals surface area (Å²) in [6.07, 6.45) is 4.89. The third kappa shape index (κ3) is 3.38. The summed E-state index contributed by atoms with van der Waals surface area (Å²) in [5.41, 5.74) is 1.80. The summed E-state index contributed by atoms with van der Waals surface area (Å²) in [4.78, 5) is 12.8. The lowest BCUT2D eigenvalue weighted by molar-refractivity contribution is -0.126. The quantitative estimate of drug-likeness (QED) is 0.914. The third-order valence-electron chi connectivity index (χ3n) is 5.81. The number of carbonyl (C=O) groups is 1. The molecule has 3 heterocycles. The zero-order chi connectivity index (χ0) is 18.0. The standard InChI is InChI=1S/C20H24FN3O2/c21-17-3-1-2-16(13-17)20(6-10-26-11-7-20)14-22-19(25)15-5-9-24-18(12-15)4-8-23-24/h1-4,8,13,15H,5-7,9-12,14H2,(H,22,25). The van der Waals surface area contributed by atoms with Gasteiger partial charge < -0.3 is 10.1 Å². The second-order valence-electron chi connectivity index (χ2n) is 7.36. The van der Waals surface area contributed by atoms with Crippen molar-refractivity contribution in [2.24, 2.45) is 5.92 Å². The average Bonchev–Trinajstić information content (AvgIpc) is 3.14. The molecule has 1 N–H and O–H groups in total. The van der Waals surface area contributed by atoms with E-state index >= 15 is 0 Å². The summed E-state index contributed by atoms with van der Waals surface area (Å²) in [7, 11) is 0. The van der Waals surface area contributed by atoms with Gasteiger partial charge in [-0.25, -0.2) is 4.39 Å². The number of ether oxygens (including phenoxy) is 1. The zero-order valence-electron chi connectivity index (χ0n) is 14.8. The van der Waals surface area contributed by atoms with E-state index in [1.165, 1.54) is 6.07 Å². The largest absolute Gasteiger partial charge is 0.381 e. The van der Waals surface area contributed by atoms with Crippen LogP contribution < -0.4 is 5.32 Å². The fraction of sp³-hybridized carbons (Fsp3) is 0.500. The van der Waals surface area contributed by atoms with Crippen LogP contribution in [0.25, 0.3) is 0 Å². The molecule has 1 aromatic heterocycles. The van der Waals surface area contributed by atoms with Gasteiger partial charge in [-0.2, -0.15) is 5.10 Å². The summed E-state index contributed by atoms with van der Waals surface area (Å²) >= 11 is 0. The summed E-state index contributed by atoms with van der Waals surface area (Å²) in [5.74, 6) is -0.177. The smallest absolute Gasteiger partial charge is 0.223 e. The van der Waals surface area contributed by atoms with Gasteiger partial charge in [0, 0.05) is 55.9 Å². The first-order valence-corrected chi connectivity index (χ1v) is 9.28. The molecular formula is C20H24FN3O2. The van der Waals surface area contributed by atoms with Crippen LogP contribution in [-0.4, -0.2) is 35.4 Å². The lowest BCUT2D eigenvalue weighted by Crippen LogP contribution is -2.46. The molecule has 1 amide bonds. The van der Waals surface area contributed by atoms with Gasteiger partial charge >= 0.3 is 0 Å². The number of halogens is 1. The molecule has 0 radical (unpaired) electrons. The van der Waals surface area contributed by atoms with E-state index in [4.69, 9.17) is 4.74 Å². The van der Waals surface area contributed by atoms with Crippen molar-refractivity contribution in [1.82, 2.24) is 15.1 Å². The maximum atomic E-state index is 13.8. The van der Waals surface area contributed by atoms with Crippen LogP contribution in [0.15, 0.2) is 36.5 Å². The Morgan fingerprint density at radius 2 is 2.19 bits per heavy atom. The molecule has 2 aliphatic rings. The summed E-state index contributed by atoms with van der Waals surface area (Å²) in [5, 5.41) is 7.42. The number of hydrogen-bond donors (Lipinski definition) is 1. The summed E-state index contributed by atoms with van der Waals surface area (Å²) in [6.45, 7) is 2.57. The Balaban J connectivity index is 1.46. The van der Waals surface area contributed by atoms with Crippen LogP contribution in [0.3, 0.4) is 0 Å². The van der Waals surface area contributed by atoms with Crippen LogP contribution in [0, 0.1) is 11.7 Å². The molecule has 0 bridgehead atoms. The Morgan fingerprint density at radius 3 is 3.00 bits per heavy atom. The van der Waals surface area contributed by atoms with Crippen molar-refractivity contribution in [3.05, 3.63) is 53.6 Å². The van der Waals surface area contributed by atoms with E-state index in [0.29, 0.717) is 19.8 Å². The highest BCUT2D eigenvalue weighted by Crippen LogP contribution is 2.35. The molecule has 0 spiro atoms. The van der Waals surface area contributed by atoms with Crippen molar-refractivity contribution in [3.63, 3.8) is 0 Å². The van der Waals surface area contributed by atoms with Crippen LogP contribution in [0.5, 0.6) is 0 Å². The Kier molecular flexibility index (Phi) is 4.76. The Morgan fingerprint density at radius 1 is 1.35 bits per heavy atom. The maximum absolute atomic E-state index is 13.8. The average molecular weight is 357 g/mol. The topological polar surface area (TPSA) is 56.1 Å². The second-order valence-corrected chi connectivity index (χ2v) is 7.36. The van der Waals surface area contributed by atoms with E-state index < -0.39 is 0 Å². The minimum atomic E-state index is -0.257. The SMILES string of the molecule is O=C(NCC1(c2cccc(F)c2)CCOCC1)C1CCn2nccc2C1. The number of benzene rings is 1. The molecule has 4 rings (SSSR count). The van der Waals surface area contributed by atoms with E-state index in [9.17, 15) is 9.18 Å². The predicted molar refractivity (Wildman–Crippen MR) is 95.2 cm³/mol. The van der Waals surface area contributed by atoms with Crippen LogP contribution in [-0.2, 0) is 27.9 Å². The van der Waals surface area contributed by atoms with Crippen molar-refractivity contribution < 1.29 is 13.9 Å². The van der Waals surface area contributed by atoms with E-state index in [0.717, 1.165) is 43.5 Å². The number of aromatic nitrogens is 2. The highest BCUT2D eigenvalue weighted by Gasteiger charge is 2.36. The molecule has 1 atom stereocenters. The van der Waals surface area contributed by atoms with Gasteiger partial charge in [0.05, 0.1) is 0 Å². The van der Waals surface area contributed by atoms with E-state index in [2.05, 4.69) is 10.4 Å². The van der Waals surface area contributed by atoms with Crippen LogP contribution in [0.1, 0.15) is 30.5 Å². The number of hydrogen-bond acceptors (Lipinski definition) is 3. The van der Waals surface area contributed by atoms with Gasteiger partial charge in [0.25, 0.3) is 0 Å². The van der Waals surface area contributed by atoms with Gasteiger partial charge in [-0.15, -0.1) is 0 Å². The molecule has 26 heavy (non-hydrogen) atoms. The summed E-state index contributed by atoms with van der Waals surface area (Å²) < 4.78 is 21.2. The Bertz CT molecular complexity index is 783. The van der Waals surface area contributed by atoms with Crippen molar-refractivity contribution in [1.29, 1.82) is 0 Å². The van der Waals surface area contributed by atoms with E-state index in [1.54, 1.807) is 18.3 Å². The lowest BCUT2D eigenvalue weighted by Gasteiger charge is -2.38. The van der Waals surface area contributed by atoms with Crippen molar-refractivity contribution in [2.45, 2.75) is 37.6 Å². The highest BCUT2D eigenvalue weighted by atomic mass is 19.1. The number of rotatable bonds is 4. The Labute approximate surface area is 152 Å². The van der Waals surface area contributed by atoms with Crippen LogP contribution in [0.4, 0.5) is 4.39 Å². The van der Waals surface area contributed by atoms with E-state index in [1.807, 2.05) is 16.8 Å². The maximum Gasteiger partial charge on any atom is 0.223 e. The number of amides is 1. The molecule has 1 fully saturated rings. The molecule has 2 aromatic rings. The zero-order valence-corrected chi connectivity index (χ0v) is 14.8. The molecule has 138 valence electrons. The molecule has 0 aliphatic carbocycles. The molecule has 0 saturated carbocycles. The van der Waals surface area contributed by atoms with Crippen molar-refractivity contribution >= 4 is 5.91 Å². The minimum Gasteiger partial charge on any atom is -0.381 e. The fourth-order valence-electron chi connectivity index (χ4n) is 4.14.